The Balaban J connectivity index is 1.87. The summed E-state index contributed by atoms with van der Waals surface area (Å²) in [6, 6.07) is 13.9. The van der Waals surface area contributed by atoms with Crippen LogP contribution in [0.4, 0.5) is 5.69 Å². The minimum atomic E-state index is -3.72. The first-order chi connectivity index (χ1) is 13.2. The smallest absolute Gasteiger partial charge is 0.255 e. The third kappa shape index (κ3) is 3.91. The number of hydrogen-bond donors (Lipinski definition) is 0. The molecule has 2 aromatic carbocycles. The first-order valence-electron chi connectivity index (χ1n) is 8.94. The molecule has 3 rings (SSSR count). The number of anilines is 1. The van der Waals surface area contributed by atoms with Gasteiger partial charge in [-0.15, -0.1) is 0 Å². The molecule has 1 heterocycles. The molecule has 1 saturated heterocycles. The molecule has 8 heteroatoms. The molecule has 0 aliphatic carbocycles. The highest BCUT2D eigenvalue weighted by atomic mass is 35.5. The second-order valence-electron chi connectivity index (χ2n) is 6.75. The number of benzene rings is 2. The normalized spacial score (nSPS) is 18.3. The maximum atomic E-state index is 12.9. The minimum absolute atomic E-state index is 0.108. The highest BCUT2D eigenvalue weighted by Gasteiger charge is 2.42. The topological polar surface area (TPSA) is 74.8 Å². The van der Waals surface area contributed by atoms with Crippen molar-refractivity contribution in [2.75, 3.05) is 16.6 Å². The summed E-state index contributed by atoms with van der Waals surface area (Å²) in [5.74, 6) is -1.59. The van der Waals surface area contributed by atoms with Gasteiger partial charge in [-0.25, -0.2) is 12.7 Å². The van der Waals surface area contributed by atoms with E-state index in [-0.39, 0.29) is 27.9 Å². The summed E-state index contributed by atoms with van der Waals surface area (Å²) in [7, 11) is -3.72. The van der Waals surface area contributed by atoms with Crippen LogP contribution in [0.2, 0.25) is 5.02 Å². The standard InChI is InChI=1S/C20H21ClN2O4S/c1-3-22(12-15-7-5-4-6-8-15)20(25)17-10-9-16(11-18(17)21)23-19(24)14(2)13-28(23,26)27/h4-11,14H,3,12-13H2,1-2H3. The van der Waals surface area contributed by atoms with Gasteiger partial charge in [0.05, 0.1) is 27.9 Å². The predicted molar refractivity (Wildman–Crippen MR) is 109 cm³/mol. The van der Waals surface area contributed by atoms with Crippen LogP contribution >= 0.6 is 11.6 Å². The van der Waals surface area contributed by atoms with Gasteiger partial charge in [0, 0.05) is 13.1 Å². The maximum Gasteiger partial charge on any atom is 0.255 e. The maximum absolute atomic E-state index is 12.9. The predicted octanol–water partition coefficient (Wildman–Crippen LogP) is 3.31. The SMILES string of the molecule is CCN(Cc1ccccc1)C(=O)c1ccc(N2C(=O)C(C)CS2(=O)=O)cc1Cl. The second-order valence-corrected chi connectivity index (χ2v) is 9.02. The summed E-state index contributed by atoms with van der Waals surface area (Å²) in [6.45, 7) is 4.37. The summed E-state index contributed by atoms with van der Waals surface area (Å²) in [6.07, 6.45) is 0. The van der Waals surface area contributed by atoms with E-state index in [1.54, 1.807) is 11.8 Å². The Morgan fingerprint density at radius 3 is 2.43 bits per heavy atom. The number of carbonyl (C=O) groups excluding carboxylic acids is 2. The van der Waals surface area contributed by atoms with Gasteiger partial charge in [-0.2, -0.15) is 0 Å². The zero-order chi connectivity index (χ0) is 20.5. The van der Waals surface area contributed by atoms with Crippen LogP contribution in [0, 0.1) is 5.92 Å². The Bertz CT molecular complexity index is 1010. The van der Waals surface area contributed by atoms with E-state index in [4.69, 9.17) is 11.6 Å². The van der Waals surface area contributed by atoms with E-state index >= 15 is 0 Å². The Morgan fingerprint density at radius 1 is 1.21 bits per heavy atom. The number of rotatable bonds is 5. The van der Waals surface area contributed by atoms with Gasteiger partial charge in [-0.05, 0) is 30.7 Å². The van der Waals surface area contributed by atoms with Crippen LogP contribution in [0.5, 0.6) is 0 Å². The lowest BCUT2D eigenvalue weighted by Crippen LogP contribution is -2.31. The van der Waals surface area contributed by atoms with Crippen molar-refractivity contribution in [1.82, 2.24) is 4.90 Å². The Morgan fingerprint density at radius 2 is 1.89 bits per heavy atom. The fraction of sp³-hybridized carbons (Fsp3) is 0.300. The summed E-state index contributed by atoms with van der Waals surface area (Å²) in [5.41, 5.74) is 1.41. The number of halogens is 1. The molecule has 0 N–H and O–H groups in total. The molecule has 2 aromatic rings. The van der Waals surface area contributed by atoms with Crippen LogP contribution in [0.3, 0.4) is 0 Å². The molecule has 148 valence electrons. The molecular weight excluding hydrogens is 400 g/mol. The van der Waals surface area contributed by atoms with E-state index in [1.807, 2.05) is 37.3 Å². The van der Waals surface area contributed by atoms with Crippen LogP contribution < -0.4 is 4.31 Å². The molecular formula is C20H21ClN2O4S. The third-order valence-electron chi connectivity index (χ3n) is 4.66. The largest absolute Gasteiger partial charge is 0.335 e. The van der Waals surface area contributed by atoms with Crippen molar-refractivity contribution in [3.63, 3.8) is 0 Å². The van der Waals surface area contributed by atoms with Crippen LogP contribution in [-0.2, 0) is 21.4 Å². The van der Waals surface area contributed by atoms with E-state index in [1.165, 1.54) is 18.2 Å². The fourth-order valence-corrected chi connectivity index (χ4v) is 5.26. The number of hydrogen-bond acceptors (Lipinski definition) is 4. The van der Waals surface area contributed by atoms with E-state index in [0.717, 1.165) is 9.87 Å². The van der Waals surface area contributed by atoms with Gasteiger partial charge in [0.15, 0.2) is 0 Å². The third-order valence-corrected chi connectivity index (χ3v) is 6.84. The van der Waals surface area contributed by atoms with Gasteiger partial charge in [-0.1, -0.05) is 48.9 Å². The number of carbonyl (C=O) groups is 2. The van der Waals surface area contributed by atoms with Gasteiger partial charge >= 0.3 is 0 Å². The molecule has 1 aliphatic rings. The van der Waals surface area contributed by atoms with E-state index in [9.17, 15) is 18.0 Å². The zero-order valence-electron chi connectivity index (χ0n) is 15.6. The second kappa shape index (κ2) is 7.93. The van der Waals surface area contributed by atoms with Crippen molar-refractivity contribution in [3.8, 4) is 0 Å². The summed E-state index contributed by atoms with van der Waals surface area (Å²) in [5, 5.41) is 0.108. The molecule has 0 aromatic heterocycles. The average Bonchev–Trinajstić information content (AvgIpc) is 2.86. The van der Waals surface area contributed by atoms with E-state index < -0.39 is 21.8 Å². The molecule has 0 radical (unpaired) electrons. The van der Waals surface area contributed by atoms with Crippen molar-refractivity contribution in [3.05, 3.63) is 64.7 Å². The lowest BCUT2D eigenvalue weighted by Gasteiger charge is -2.22. The number of amides is 2. The summed E-state index contributed by atoms with van der Waals surface area (Å²) < 4.78 is 25.3. The van der Waals surface area contributed by atoms with Crippen molar-refractivity contribution in [1.29, 1.82) is 0 Å². The Hall–Kier alpha value is -2.38. The van der Waals surface area contributed by atoms with Crippen molar-refractivity contribution >= 4 is 39.1 Å². The lowest BCUT2D eigenvalue weighted by atomic mass is 10.1. The number of nitrogens with zero attached hydrogens (tertiary/aromatic N) is 2. The summed E-state index contributed by atoms with van der Waals surface area (Å²) >= 11 is 6.30. The molecule has 0 saturated carbocycles. The van der Waals surface area contributed by atoms with Crippen LogP contribution in [0.1, 0.15) is 29.8 Å². The first kappa shape index (κ1) is 20.4. The quantitative estimate of drug-likeness (QED) is 0.743. The van der Waals surface area contributed by atoms with Gasteiger partial charge in [0.2, 0.25) is 15.9 Å². The highest BCUT2D eigenvalue weighted by Crippen LogP contribution is 2.32. The Kier molecular flexibility index (Phi) is 5.76. The molecule has 28 heavy (non-hydrogen) atoms. The monoisotopic (exact) mass is 420 g/mol. The lowest BCUT2D eigenvalue weighted by molar-refractivity contribution is -0.119. The molecule has 0 bridgehead atoms. The fourth-order valence-electron chi connectivity index (χ4n) is 3.19. The van der Waals surface area contributed by atoms with Crippen molar-refractivity contribution in [2.45, 2.75) is 20.4 Å². The van der Waals surface area contributed by atoms with Gasteiger partial charge in [0.1, 0.15) is 0 Å². The molecule has 1 atom stereocenters. The molecule has 1 fully saturated rings. The van der Waals surface area contributed by atoms with Gasteiger partial charge in [-0.3, -0.25) is 9.59 Å². The van der Waals surface area contributed by atoms with Crippen LogP contribution in [0.15, 0.2) is 48.5 Å². The Labute approximate surface area is 169 Å². The van der Waals surface area contributed by atoms with Gasteiger partial charge in [0.25, 0.3) is 5.91 Å². The zero-order valence-corrected chi connectivity index (χ0v) is 17.2. The molecule has 1 aliphatic heterocycles. The van der Waals surface area contributed by atoms with E-state index in [0.29, 0.717) is 13.1 Å². The van der Waals surface area contributed by atoms with Crippen LogP contribution in [0.25, 0.3) is 0 Å². The van der Waals surface area contributed by atoms with E-state index in [2.05, 4.69) is 0 Å². The molecule has 6 nitrogen and oxygen atoms in total. The minimum Gasteiger partial charge on any atom is -0.335 e. The average molecular weight is 421 g/mol. The van der Waals surface area contributed by atoms with Crippen molar-refractivity contribution in [2.24, 2.45) is 5.92 Å². The van der Waals surface area contributed by atoms with Gasteiger partial charge < -0.3 is 4.90 Å². The first-order valence-corrected chi connectivity index (χ1v) is 10.9. The molecule has 1 unspecified atom stereocenters. The highest BCUT2D eigenvalue weighted by molar-refractivity contribution is 7.94. The summed E-state index contributed by atoms with van der Waals surface area (Å²) in [4.78, 5) is 26.8. The van der Waals surface area contributed by atoms with Crippen LogP contribution in [-0.4, -0.2) is 37.4 Å². The molecule has 0 spiro atoms. The number of sulfonamides is 1. The van der Waals surface area contributed by atoms with Crippen molar-refractivity contribution < 1.29 is 18.0 Å². The molecule has 2 amide bonds.